The fourth-order valence-electron chi connectivity index (χ4n) is 2.10. The van der Waals surface area contributed by atoms with Crippen LogP contribution in [0.4, 0.5) is 0 Å². The molecular formula is C15H21NO3. The van der Waals surface area contributed by atoms with Crippen molar-refractivity contribution < 1.29 is 14.7 Å². The van der Waals surface area contributed by atoms with Gasteiger partial charge < -0.3 is 10.4 Å². The van der Waals surface area contributed by atoms with Crippen molar-refractivity contribution in [1.82, 2.24) is 5.32 Å². The first-order valence-corrected chi connectivity index (χ1v) is 6.42. The van der Waals surface area contributed by atoms with Crippen molar-refractivity contribution in [3.05, 3.63) is 34.9 Å². The van der Waals surface area contributed by atoms with Gasteiger partial charge in [-0.25, -0.2) is 4.79 Å². The molecule has 1 aromatic carbocycles. The molecule has 0 aromatic heterocycles. The van der Waals surface area contributed by atoms with Crippen LogP contribution in [0.25, 0.3) is 0 Å². The minimum absolute atomic E-state index is 0.208. The maximum absolute atomic E-state index is 12.2. The van der Waals surface area contributed by atoms with Crippen molar-refractivity contribution in [2.45, 2.75) is 40.2 Å². The van der Waals surface area contributed by atoms with E-state index >= 15 is 0 Å². The Bertz CT molecular complexity index is 460. The zero-order valence-electron chi connectivity index (χ0n) is 11.9. The van der Waals surface area contributed by atoms with Gasteiger partial charge in [-0.2, -0.15) is 0 Å². The van der Waals surface area contributed by atoms with Crippen molar-refractivity contribution in [3.8, 4) is 0 Å². The summed E-state index contributed by atoms with van der Waals surface area (Å²) in [4.78, 5) is 23.4. The van der Waals surface area contributed by atoms with Crippen LogP contribution in [0, 0.1) is 19.8 Å². The Kier molecular flexibility index (Phi) is 5.10. The third-order valence-corrected chi connectivity index (χ3v) is 3.02. The van der Waals surface area contributed by atoms with Gasteiger partial charge in [-0.15, -0.1) is 0 Å². The number of benzene rings is 1. The van der Waals surface area contributed by atoms with E-state index < -0.39 is 12.0 Å². The first kappa shape index (κ1) is 15.2. The lowest BCUT2D eigenvalue weighted by Crippen LogP contribution is -2.42. The summed E-state index contributed by atoms with van der Waals surface area (Å²) in [5.41, 5.74) is 2.27. The molecule has 0 aliphatic rings. The molecule has 0 aliphatic carbocycles. The molecule has 1 rings (SSSR count). The predicted molar refractivity (Wildman–Crippen MR) is 74.3 cm³/mol. The number of rotatable bonds is 5. The highest BCUT2D eigenvalue weighted by atomic mass is 16.4. The van der Waals surface area contributed by atoms with Crippen molar-refractivity contribution in [1.29, 1.82) is 0 Å². The van der Waals surface area contributed by atoms with Gasteiger partial charge in [0.25, 0.3) is 5.91 Å². The summed E-state index contributed by atoms with van der Waals surface area (Å²) in [6, 6.07) is 4.73. The van der Waals surface area contributed by atoms with Gasteiger partial charge >= 0.3 is 5.97 Å². The summed E-state index contributed by atoms with van der Waals surface area (Å²) >= 11 is 0. The molecule has 1 atom stereocenters. The lowest BCUT2D eigenvalue weighted by Gasteiger charge is -2.18. The number of hydrogen-bond acceptors (Lipinski definition) is 2. The zero-order valence-corrected chi connectivity index (χ0v) is 11.9. The Morgan fingerprint density at radius 2 is 1.74 bits per heavy atom. The number of carbonyl (C=O) groups is 2. The fraction of sp³-hybridized carbons (Fsp3) is 0.467. The first-order chi connectivity index (χ1) is 8.82. The summed E-state index contributed by atoms with van der Waals surface area (Å²) in [6.45, 7) is 7.56. The Hall–Kier alpha value is -1.84. The average Bonchev–Trinajstić information content (AvgIpc) is 2.27. The third kappa shape index (κ3) is 4.09. The highest BCUT2D eigenvalue weighted by Crippen LogP contribution is 2.14. The van der Waals surface area contributed by atoms with Gasteiger partial charge in [0, 0.05) is 5.56 Å². The van der Waals surface area contributed by atoms with E-state index in [0.29, 0.717) is 12.0 Å². The molecular weight excluding hydrogens is 242 g/mol. The van der Waals surface area contributed by atoms with E-state index in [1.807, 2.05) is 45.9 Å². The van der Waals surface area contributed by atoms with Crippen molar-refractivity contribution in [2.24, 2.45) is 5.92 Å². The Balaban J connectivity index is 2.91. The lowest BCUT2D eigenvalue weighted by atomic mass is 10.00. The molecule has 0 radical (unpaired) electrons. The van der Waals surface area contributed by atoms with Gasteiger partial charge in [0.2, 0.25) is 0 Å². The minimum Gasteiger partial charge on any atom is -0.480 e. The molecule has 0 saturated carbocycles. The fourth-order valence-corrected chi connectivity index (χ4v) is 2.10. The maximum atomic E-state index is 12.2. The topological polar surface area (TPSA) is 66.4 Å². The highest BCUT2D eigenvalue weighted by molar-refractivity contribution is 5.99. The minimum atomic E-state index is -0.992. The van der Waals surface area contributed by atoms with Gasteiger partial charge in [-0.1, -0.05) is 32.0 Å². The Morgan fingerprint density at radius 1 is 1.21 bits per heavy atom. The molecule has 0 unspecified atom stereocenters. The van der Waals surface area contributed by atoms with Crippen LogP contribution in [0.1, 0.15) is 41.8 Å². The van der Waals surface area contributed by atoms with Gasteiger partial charge in [-0.3, -0.25) is 4.79 Å². The molecule has 0 bridgehead atoms. The Morgan fingerprint density at radius 3 is 2.16 bits per heavy atom. The maximum Gasteiger partial charge on any atom is 0.326 e. The van der Waals surface area contributed by atoms with E-state index in [0.717, 1.165) is 11.1 Å². The van der Waals surface area contributed by atoms with Crippen LogP contribution in [0.5, 0.6) is 0 Å². The van der Waals surface area contributed by atoms with E-state index in [-0.39, 0.29) is 11.8 Å². The third-order valence-electron chi connectivity index (χ3n) is 3.02. The van der Waals surface area contributed by atoms with E-state index in [2.05, 4.69) is 5.32 Å². The van der Waals surface area contributed by atoms with Crippen LogP contribution in [0.3, 0.4) is 0 Å². The van der Waals surface area contributed by atoms with Gasteiger partial charge in [0.15, 0.2) is 0 Å². The summed E-state index contributed by atoms with van der Waals surface area (Å²) in [7, 11) is 0. The van der Waals surface area contributed by atoms with Crippen LogP contribution < -0.4 is 5.32 Å². The first-order valence-electron chi connectivity index (χ1n) is 6.42. The number of aryl methyl sites for hydroxylation is 2. The number of nitrogens with one attached hydrogen (secondary N) is 1. The summed E-state index contributed by atoms with van der Waals surface area (Å²) in [5.74, 6) is -1.10. The van der Waals surface area contributed by atoms with Crippen LogP contribution in [0.2, 0.25) is 0 Å². The lowest BCUT2D eigenvalue weighted by molar-refractivity contribution is -0.139. The number of carboxylic acids is 1. The van der Waals surface area contributed by atoms with E-state index in [4.69, 9.17) is 5.11 Å². The number of carbonyl (C=O) groups excluding carboxylic acids is 1. The predicted octanol–water partition coefficient (Wildman–Crippen LogP) is 2.53. The van der Waals surface area contributed by atoms with Crippen molar-refractivity contribution in [2.75, 3.05) is 0 Å². The number of hydrogen-bond donors (Lipinski definition) is 2. The molecule has 1 amide bonds. The monoisotopic (exact) mass is 263 g/mol. The van der Waals surface area contributed by atoms with E-state index in [1.54, 1.807) is 0 Å². The molecule has 0 fully saturated rings. The standard InChI is InChI=1S/C15H21NO3/c1-9(2)8-12(15(18)19)16-14(17)13-10(3)6-5-7-11(13)4/h5-7,9,12H,8H2,1-4H3,(H,16,17)(H,18,19)/t12-/m1/s1. The number of amides is 1. The Labute approximate surface area is 113 Å². The number of carboxylic acid groups (broad SMARTS) is 1. The van der Waals surface area contributed by atoms with E-state index in [1.165, 1.54) is 0 Å². The quantitative estimate of drug-likeness (QED) is 0.858. The van der Waals surface area contributed by atoms with Gasteiger partial charge in [0.05, 0.1) is 0 Å². The van der Waals surface area contributed by atoms with E-state index in [9.17, 15) is 9.59 Å². The summed E-state index contributed by atoms with van der Waals surface area (Å²) in [6.07, 6.45) is 0.423. The van der Waals surface area contributed by atoms with Gasteiger partial charge in [0.1, 0.15) is 6.04 Å². The normalized spacial score (nSPS) is 12.3. The van der Waals surface area contributed by atoms with Crippen LogP contribution >= 0.6 is 0 Å². The molecule has 4 nitrogen and oxygen atoms in total. The molecule has 0 saturated heterocycles. The van der Waals surface area contributed by atoms with Crippen molar-refractivity contribution in [3.63, 3.8) is 0 Å². The molecule has 104 valence electrons. The largest absolute Gasteiger partial charge is 0.480 e. The van der Waals surface area contributed by atoms with Crippen LogP contribution in [0.15, 0.2) is 18.2 Å². The second-order valence-electron chi connectivity index (χ2n) is 5.26. The molecule has 2 N–H and O–H groups in total. The second-order valence-corrected chi connectivity index (χ2v) is 5.26. The molecule has 1 aromatic rings. The molecule has 0 aliphatic heterocycles. The van der Waals surface area contributed by atoms with Crippen LogP contribution in [-0.4, -0.2) is 23.0 Å². The second kappa shape index (κ2) is 6.36. The van der Waals surface area contributed by atoms with Crippen molar-refractivity contribution >= 4 is 11.9 Å². The SMILES string of the molecule is Cc1cccc(C)c1C(=O)N[C@H](CC(C)C)C(=O)O. The number of aliphatic carboxylic acids is 1. The molecule has 19 heavy (non-hydrogen) atoms. The van der Waals surface area contributed by atoms with Crippen LogP contribution in [-0.2, 0) is 4.79 Å². The highest BCUT2D eigenvalue weighted by Gasteiger charge is 2.23. The molecule has 4 heteroatoms. The smallest absolute Gasteiger partial charge is 0.326 e. The zero-order chi connectivity index (χ0) is 14.6. The molecule has 0 heterocycles. The molecule has 0 spiro atoms. The summed E-state index contributed by atoms with van der Waals surface area (Å²) in [5, 5.41) is 11.7. The summed E-state index contributed by atoms with van der Waals surface area (Å²) < 4.78 is 0. The van der Waals surface area contributed by atoms with Gasteiger partial charge in [-0.05, 0) is 37.3 Å². The average molecular weight is 263 g/mol.